The molecule has 0 saturated carbocycles. The van der Waals surface area contributed by atoms with Gasteiger partial charge in [0, 0.05) is 38.4 Å². The third-order valence-electron chi connectivity index (χ3n) is 5.32. The number of rotatable bonds is 6. The Morgan fingerprint density at radius 3 is 2.27 bits per heavy atom. The molecule has 4 rings (SSSR count). The van der Waals surface area contributed by atoms with Gasteiger partial charge in [-0.1, -0.05) is 48.5 Å². The molecule has 0 spiro atoms. The highest BCUT2D eigenvalue weighted by Crippen LogP contribution is 2.41. The van der Waals surface area contributed by atoms with Crippen LogP contribution in [-0.4, -0.2) is 20.1 Å². The highest BCUT2D eigenvalue weighted by atomic mass is 16.5. The normalized spacial score (nSPS) is 12.4. The zero-order valence-electron chi connectivity index (χ0n) is 17.6. The average molecular weight is 402 g/mol. The van der Waals surface area contributed by atoms with Crippen molar-refractivity contribution in [1.82, 2.24) is 5.32 Å². The molecule has 1 aliphatic heterocycles. The molecule has 0 aliphatic carbocycles. The summed E-state index contributed by atoms with van der Waals surface area (Å²) in [5.74, 6) is 0.725. The second kappa shape index (κ2) is 8.59. The van der Waals surface area contributed by atoms with E-state index in [2.05, 4.69) is 10.2 Å². The topological polar surface area (TPSA) is 50.8 Å². The quantitative estimate of drug-likeness (QED) is 0.487. The molecular weight excluding hydrogens is 376 g/mol. The van der Waals surface area contributed by atoms with Gasteiger partial charge in [0.1, 0.15) is 23.7 Å². The molecule has 0 radical (unpaired) electrons. The van der Waals surface area contributed by atoms with Gasteiger partial charge in [-0.2, -0.15) is 0 Å². The number of carbonyl (C=O) groups excluding carboxylic acids is 1. The predicted octanol–water partition coefficient (Wildman–Crippen LogP) is 4.46. The predicted molar refractivity (Wildman–Crippen MR) is 118 cm³/mol. The Morgan fingerprint density at radius 2 is 1.60 bits per heavy atom. The third-order valence-corrected chi connectivity index (χ3v) is 5.32. The van der Waals surface area contributed by atoms with Crippen LogP contribution in [0.4, 0.5) is 5.69 Å². The van der Waals surface area contributed by atoms with Crippen molar-refractivity contribution >= 4 is 11.7 Å². The van der Waals surface area contributed by atoms with Gasteiger partial charge in [0.15, 0.2) is 0 Å². The van der Waals surface area contributed by atoms with Crippen LogP contribution in [0.25, 0.3) is 0 Å². The molecule has 1 aliphatic rings. The number of nitrogens with zero attached hydrogens (tertiary/aromatic N) is 1. The van der Waals surface area contributed by atoms with E-state index < -0.39 is 5.97 Å². The Labute approximate surface area is 177 Å². The van der Waals surface area contributed by atoms with Crippen LogP contribution in [-0.2, 0) is 19.7 Å². The van der Waals surface area contributed by atoms with Crippen molar-refractivity contribution in [2.75, 3.05) is 19.0 Å². The lowest BCUT2D eigenvalue weighted by atomic mass is 9.95. The number of hydrogen-bond acceptors (Lipinski definition) is 5. The van der Waals surface area contributed by atoms with E-state index in [0.29, 0.717) is 30.2 Å². The van der Waals surface area contributed by atoms with Crippen molar-refractivity contribution in [1.29, 1.82) is 0 Å². The minimum Gasteiger partial charge on any atom is -0.488 e. The van der Waals surface area contributed by atoms with E-state index in [1.54, 1.807) is 12.1 Å². The molecule has 3 aromatic carbocycles. The summed E-state index contributed by atoms with van der Waals surface area (Å²) in [7, 11) is 4.00. The number of benzene rings is 3. The summed E-state index contributed by atoms with van der Waals surface area (Å²) in [4.78, 5) is 15.4. The van der Waals surface area contributed by atoms with Crippen LogP contribution in [0.3, 0.4) is 0 Å². The summed E-state index contributed by atoms with van der Waals surface area (Å²) in [6.07, 6.45) is 0. The van der Waals surface area contributed by atoms with Crippen LogP contribution in [0, 0.1) is 6.92 Å². The monoisotopic (exact) mass is 402 g/mol. The SMILES string of the molecule is Cc1c(C(=O)Oc2ccccc2)c(OCc2ccccc2)c2c(c1N(C)C)CNC2. The van der Waals surface area contributed by atoms with E-state index >= 15 is 0 Å². The molecule has 5 nitrogen and oxygen atoms in total. The molecule has 30 heavy (non-hydrogen) atoms. The first-order valence-corrected chi connectivity index (χ1v) is 10.1. The van der Waals surface area contributed by atoms with E-state index in [-0.39, 0.29) is 0 Å². The summed E-state index contributed by atoms with van der Waals surface area (Å²) in [6, 6.07) is 19.1. The number of anilines is 1. The molecule has 0 bridgehead atoms. The minimum atomic E-state index is -0.403. The molecule has 3 aromatic rings. The summed E-state index contributed by atoms with van der Waals surface area (Å²) < 4.78 is 12.0. The Hall–Kier alpha value is -3.31. The number of ether oxygens (including phenoxy) is 2. The van der Waals surface area contributed by atoms with E-state index in [1.807, 2.05) is 69.6 Å². The lowest BCUT2D eigenvalue weighted by Gasteiger charge is -2.25. The lowest BCUT2D eigenvalue weighted by molar-refractivity contribution is 0.0728. The summed E-state index contributed by atoms with van der Waals surface area (Å²) >= 11 is 0. The molecule has 1 heterocycles. The van der Waals surface area contributed by atoms with Gasteiger partial charge in [-0.3, -0.25) is 0 Å². The first-order valence-electron chi connectivity index (χ1n) is 10.1. The van der Waals surface area contributed by atoms with Crippen molar-refractivity contribution in [3.8, 4) is 11.5 Å². The largest absolute Gasteiger partial charge is 0.488 e. The number of fused-ring (bicyclic) bond motifs is 1. The van der Waals surface area contributed by atoms with Gasteiger partial charge in [0.05, 0.1) is 0 Å². The average Bonchev–Trinajstić information content (AvgIpc) is 3.22. The highest BCUT2D eigenvalue weighted by molar-refractivity contribution is 5.98. The maximum Gasteiger partial charge on any atom is 0.347 e. The highest BCUT2D eigenvalue weighted by Gasteiger charge is 2.31. The van der Waals surface area contributed by atoms with E-state index in [9.17, 15) is 4.79 Å². The smallest absolute Gasteiger partial charge is 0.347 e. The summed E-state index contributed by atoms with van der Waals surface area (Å²) in [6.45, 7) is 3.76. The third kappa shape index (κ3) is 3.89. The summed E-state index contributed by atoms with van der Waals surface area (Å²) in [5, 5.41) is 3.41. The first kappa shape index (κ1) is 20.0. The molecular formula is C25H26N2O3. The molecule has 1 N–H and O–H groups in total. The number of hydrogen-bond donors (Lipinski definition) is 1. The number of para-hydroxylation sites is 1. The Morgan fingerprint density at radius 1 is 0.967 bits per heavy atom. The van der Waals surface area contributed by atoms with Gasteiger partial charge in [-0.25, -0.2) is 4.79 Å². The first-order chi connectivity index (χ1) is 14.6. The van der Waals surface area contributed by atoms with Crippen molar-refractivity contribution in [2.45, 2.75) is 26.6 Å². The van der Waals surface area contributed by atoms with E-state index in [1.165, 1.54) is 5.56 Å². The van der Waals surface area contributed by atoms with Crippen LogP contribution in [0.2, 0.25) is 0 Å². The maximum atomic E-state index is 13.3. The van der Waals surface area contributed by atoms with Gasteiger partial charge in [0.2, 0.25) is 0 Å². The Bertz CT molecular complexity index is 1050. The molecule has 0 amide bonds. The number of carbonyl (C=O) groups is 1. The van der Waals surface area contributed by atoms with E-state index in [0.717, 1.165) is 28.9 Å². The van der Waals surface area contributed by atoms with Gasteiger partial charge in [0.25, 0.3) is 0 Å². The fraction of sp³-hybridized carbons (Fsp3) is 0.240. The molecule has 0 saturated heterocycles. The Kier molecular flexibility index (Phi) is 5.72. The van der Waals surface area contributed by atoms with Crippen LogP contribution >= 0.6 is 0 Å². The van der Waals surface area contributed by atoms with Crippen molar-refractivity contribution in [3.63, 3.8) is 0 Å². The molecule has 5 heteroatoms. The van der Waals surface area contributed by atoms with Crippen LogP contribution in [0.5, 0.6) is 11.5 Å². The molecule has 154 valence electrons. The molecule has 0 fully saturated rings. The summed E-state index contributed by atoms with van der Waals surface area (Å²) in [5.41, 5.74) is 5.65. The fourth-order valence-corrected chi connectivity index (χ4v) is 4.02. The number of nitrogens with one attached hydrogen (secondary N) is 1. The van der Waals surface area contributed by atoms with Crippen molar-refractivity contribution in [3.05, 3.63) is 88.5 Å². The second-order valence-electron chi connectivity index (χ2n) is 7.61. The molecule has 0 aromatic heterocycles. The maximum absolute atomic E-state index is 13.3. The van der Waals surface area contributed by atoms with Crippen molar-refractivity contribution in [2.24, 2.45) is 0 Å². The zero-order valence-corrected chi connectivity index (χ0v) is 17.6. The Balaban J connectivity index is 1.79. The standard InChI is InChI=1S/C25H26N2O3/c1-17-22(25(28)30-19-12-8-5-9-13-19)24(29-16-18-10-6-4-7-11-18)21-15-26-14-20(21)23(17)27(2)3/h4-13,26H,14-16H2,1-3H3. The molecule has 0 unspecified atom stereocenters. The van der Waals surface area contributed by atoms with Gasteiger partial charge in [-0.15, -0.1) is 0 Å². The van der Waals surface area contributed by atoms with Crippen LogP contribution in [0.1, 0.15) is 32.6 Å². The van der Waals surface area contributed by atoms with Gasteiger partial charge >= 0.3 is 5.97 Å². The van der Waals surface area contributed by atoms with Gasteiger partial charge < -0.3 is 19.7 Å². The lowest BCUT2D eigenvalue weighted by Crippen LogP contribution is -2.20. The van der Waals surface area contributed by atoms with Gasteiger partial charge in [-0.05, 0) is 35.7 Å². The number of esters is 1. The fourth-order valence-electron chi connectivity index (χ4n) is 4.02. The molecule has 0 atom stereocenters. The second-order valence-corrected chi connectivity index (χ2v) is 7.61. The van der Waals surface area contributed by atoms with E-state index in [4.69, 9.17) is 9.47 Å². The van der Waals surface area contributed by atoms with Crippen LogP contribution in [0.15, 0.2) is 60.7 Å². The minimum absolute atomic E-state index is 0.389. The van der Waals surface area contributed by atoms with Crippen molar-refractivity contribution < 1.29 is 14.3 Å². The van der Waals surface area contributed by atoms with Crippen LogP contribution < -0.4 is 19.7 Å². The zero-order chi connectivity index (χ0) is 21.1.